The van der Waals surface area contributed by atoms with E-state index < -0.39 is 0 Å². The van der Waals surface area contributed by atoms with Gasteiger partial charge in [-0.15, -0.1) is 0 Å². The maximum Gasteiger partial charge on any atom is 0.224 e. The molecule has 26 heavy (non-hydrogen) atoms. The van der Waals surface area contributed by atoms with E-state index in [1.807, 2.05) is 77.7 Å². The van der Waals surface area contributed by atoms with Gasteiger partial charge in [0.1, 0.15) is 0 Å². The number of rotatable bonds is 6. The standard InChI is InChI=1S/C21H20N4O/c26-21(14-16-15-23-20-9-5-4-8-19(16)20)22-12-10-17-11-13-25(24-17)18-6-2-1-3-7-18/h1-9,11,13,15,23H,10,12,14H2,(H,22,26). The fraction of sp³-hybridized carbons (Fsp3) is 0.143. The molecule has 0 spiro atoms. The molecule has 0 bridgehead atoms. The number of nitrogens with one attached hydrogen (secondary N) is 2. The predicted molar refractivity (Wildman–Crippen MR) is 102 cm³/mol. The molecule has 2 aromatic heterocycles. The van der Waals surface area contributed by atoms with E-state index in [1.165, 1.54) is 0 Å². The van der Waals surface area contributed by atoms with Crippen LogP contribution >= 0.6 is 0 Å². The van der Waals surface area contributed by atoms with Crippen molar-refractivity contribution in [1.82, 2.24) is 20.1 Å². The van der Waals surface area contributed by atoms with Crippen LogP contribution < -0.4 is 5.32 Å². The van der Waals surface area contributed by atoms with E-state index >= 15 is 0 Å². The van der Waals surface area contributed by atoms with E-state index in [0.29, 0.717) is 19.4 Å². The van der Waals surface area contributed by atoms with Crippen molar-refractivity contribution in [3.8, 4) is 5.69 Å². The van der Waals surface area contributed by atoms with Gasteiger partial charge in [-0.05, 0) is 29.8 Å². The number of carbonyl (C=O) groups excluding carboxylic acids is 1. The largest absolute Gasteiger partial charge is 0.361 e. The second kappa shape index (κ2) is 7.27. The quantitative estimate of drug-likeness (QED) is 0.564. The third-order valence-corrected chi connectivity index (χ3v) is 4.39. The number of nitrogens with zero attached hydrogens (tertiary/aromatic N) is 2. The minimum absolute atomic E-state index is 0.0252. The highest BCUT2D eigenvalue weighted by molar-refractivity contribution is 5.88. The summed E-state index contributed by atoms with van der Waals surface area (Å²) in [5.41, 5.74) is 4.07. The Morgan fingerprint density at radius 1 is 1.04 bits per heavy atom. The van der Waals surface area contributed by atoms with Gasteiger partial charge in [-0.25, -0.2) is 4.68 Å². The second-order valence-electron chi connectivity index (χ2n) is 6.22. The van der Waals surface area contributed by atoms with Crippen molar-refractivity contribution in [1.29, 1.82) is 0 Å². The number of hydrogen-bond donors (Lipinski definition) is 2. The summed E-state index contributed by atoms with van der Waals surface area (Å²) in [6.45, 7) is 0.576. The summed E-state index contributed by atoms with van der Waals surface area (Å²) in [4.78, 5) is 15.4. The number of para-hydroxylation sites is 2. The van der Waals surface area contributed by atoms with Gasteiger partial charge in [-0.3, -0.25) is 4.79 Å². The Kier molecular flexibility index (Phi) is 4.51. The van der Waals surface area contributed by atoms with Crippen molar-refractivity contribution in [3.05, 3.63) is 84.3 Å². The van der Waals surface area contributed by atoms with Crippen LogP contribution in [0, 0.1) is 0 Å². The SMILES string of the molecule is O=C(Cc1c[nH]c2ccccc12)NCCc1ccn(-c2ccccc2)n1. The molecule has 0 fully saturated rings. The van der Waals surface area contributed by atoms with E-state index in [1.54, 1.807) is 0 Å². The van der Waals surface area contributed by atoms with Gasteiger partial charge < -0.3 is 10.3 Å². The normalized spacial score (nSPS) is 10.9. The first-order valence-corrected chi connectivity index (χ1v) is 8.71. The molecule has 5 nitrogen and oxygen atoms in total. The molecule has 2 aromatic carbocycles. The van der Waals surface area contributed by atoms with Crippen molar-refractivity contribution in [2.24, 2.45) is 0 Å². The Bertz CT molecular complexity index is 1020. The minimum atomic E-state index is 0.0252. The Labute approximate surface area is 151 Å². The van der Waals surface area contributed by atoms with E-state index in [0.717, 1.165) is 27.8 Å². The molecule has 130 valence electrons. The van der Waals surface area contributed by atoms with Crippen LogP contribution in [0.2, 0.25) is 0 Å². The van der Waals surface area contributed by atoms with E-state index in [4.69, 9.17) is 0 Å². The highest BCUT2D eigenvalue weighted by Gasteiger charge is 2.08. The summed E-state index contributed by atoms with van der Waals surface area (Å²) in [6.07, 6.45) is 4.94. The number of H-pyrrole nitrogens is 1. The van der Waals surface area contributed by atoms with Gasteiger partial charge in [0.2, 0.25) is 5.91 Å². The van der Waals surface area contributed by atoms with Crippen LogP contribution in [0.4, 0.5) is 0 Å². The molecule has 0 saturated heterocycles. The maximum absolute atomic E-state index is 12.2. The molecular weight excluding hydrogens is 324 g/mol. The molecule has 4 rings (SSSR count). The smallest absolute Gasteiger partial charge is 0.224 e. The molecule has 0 saturated carbocycles. The lowest BCUT2D eigenvalue weighted by molar-refractivity contribution is -0.120. The van der Waals surface area contributed by atoms with Crippen LogP contribution in [0.15, 0.2) is 73.1 Å². The second-order valence-corrected chi connectivity index (χ2v) is 6.22. The minimum Gasteiger partial charge on any atom is -0.361 e. The summed E-state index contributed by atoms with van der Waals surface area (Å²) in [6, 6.07) is 20.0. The number of amides is 1. The Hall–Kier alpha value is -3.34. The predicted octanol–water partition coefficient (Wildman–Crippen LogP) is 3.26. The number of carbonyl (C=O) groups is 1. The van der Waals surface area contributed by atoms with Crippen molar-refractivity contribution in [3.63, 3.8) is 0 Å². The average molecular weight is 344 g/mol. The topological polar surface area (TPSA) is 62.7 Å². The lowest BCUT2D eigenvalue weighted by Crippen LogP contribution is -2.27. The molecule has 1 amide bonds. The molecule has 4 aromatic rings. The highest BCUT2D eigenvalue weighted by atomic mass is 16.1. The van der Waals surface area contributed by atoms with Gasteiger partial charge in [0.15, 0.2) is 0 Å². The summed E-state index contributed by atoms with van der Waals surface area (Å²) < 4.78 is 1.85. The maximum atomic E-state index is 12.2. The van der Waals surface area contributed by atoms with Crippen LogP contribution in [0.5, 0.6) is 0 Å². The molecule has 0 aliphatic rings. The van der Waals surface area contributed by atoms with Gasteiger partial charge in [0, 0.05) is 36.3 Å². The molecule has 0 radical (unpaired) electrons. The van der Waals surface area contributed by atoms with Gasteiger partial charge in [-0.1, -0.05) is 36.4 Å². The zero-order valence-electron chi connectivity index (χ0n) is 14.4. The van der Waals surface area contributed by atoms with Crippen LogP contribution in [0.3, 0.4) is 0 Å². The first-order valence-electron chi connectivity index (χ1n) is 8.71. The number of aromatic nitrogens is 3. The first kappa shape index (κ1) is 16.1. The van der Waals surface area contributed by atoms with Crippen LogP contribution in [0.1, 0.15) is 11.3 Å². The third-order valence-electron chi connectivity index (χ3n) is 4.39. The molecule has 0 aliphatic heterocycles. The van der Waals surface area contributed by atoms with E-state index in [-0.39, 0.29) is 5.91 Å². The van der Waals surface area contributed by atoms with Gasteiger partial charge in [0.05, 0.1) is 17.8 Å². The van der Waals surface area contributed by atoms with Crippen molar-refractivity contribution in [2.75, 3.05) is 6.54 Å². The molecule has 0 unspecified atom stereocenters. The zero-order valence-corrected chi connectivity index (χ0v) is 14.4. The molecule has 0 aliphatic carbocycles. The summed E-state index contributed by atoms with van der Waals surface area (Å²) in [5, 5.41) is 8.64. The summed E-state index contributed by atoms with van der Waals surface area (Å²) in [5.74, 6) is 0.0252. The summed E-state index contributed by atoms with van der Waals surface area (Å²) in [7, 11) is 0. The lowest BCUT2D eigenvalue weighted by atomic mass is 10.1. The molecular formula is C21H20N4O. The lowest BCUT2D eigenvalue weighted by Gasteiger charge is -2.04. The Morgan fingerprint density at radius 2 is 1.85 bits per heavy atom. The fourth-order valence-corrected chi connectivity index (χ4v) is 3.06. The van der Waals surface area contributed by atoms with Crippen molar-refractivity contribution < 1.29 is 4.79 Å². The van der Waals surface area contributed by atoms with Gasteiger partial charge >= 0.3 is 0 Å². The summed E-state index contributed by atoms with van der Waals surface area (Å²) >= 11 is 0. The number of aromatic amines is 1. The van der Waals surface area contributed by atoms with Gasteiger partial charge in [-0.2, -0.15) is 5.10 Å². The number of hydrogen-bond acceptors (Lipinski definition) is 2. The van der Waals surface area contributed by atoms with Crippen molar-refractivity contribution >= 4 is 16.8 Å². The van der Waals surface area contributed by atoms with Crippen LogP contribution in [-0.4, -0.2) is 27.2 Å². The highest BCUT2D eigenvalue weighted by Crippen LogP contribution is 2.17. The zero-order chi connectivity index (χ0) is 17.8. The number of benzene rings is 2. The fourth-order valence-electron chi connectivity index (χ4n) is 3.06. The molecule has 2 heterocycles. The van der Waals surface area contributed by atoms with Crippen molar-refractivity contribution in [2.45, 2.75) is 12.8 Å². The monoisotopic (exact) mass is 344 g/mol. The average Bonchev–Trinajstić information content (AvgIpc) is 3.30. The molecule has 5 heteroatoms. The Balaban J connectivity index is 1.31. The number of fused-ring (bicyclic) bond motifs is 1. The van der Waals surface area contributed by atoms with Crippen LogP contribution in [-0.2, 0) is 17.6 Å². The first-order chi connectivity index (χ1) is 12.8. The third kappa shape index (κ3) is 3.52. The molecule has 0 atom stereocenters. The van der Waals surface area contributed by atoms with Crippen LogP contribution in [0.25, 0.3) is 16.6 Å². The van der Waals surface area contributed by atoms with E-state index in [9.17, 15) is 4.79 Å². The van der Waals surface area contributed by atoms with Gasteiger partial charge in [0.25, 0.3) is 0 Å². The molecule has 2 N–H and O–H groups in total. The van der Waals surface area contributed by atoms with E-state index in [2.05, 4.69) is 15.4 Å². The Morgan fingerprint density at radius 3 is 2.73 bits per heavy atom.